The maximum Gasteiger partial charge on any atom is 0.408 e. The third kappa shape index (κ3) is 13.9. The third-order valence-electron chi connectivity index (χ3n) is 10.7. The number of amides is 6. The predicted octanol–water partition coefficient (Wildman–Crippen LogP) is 5.94. The van der Waals surface area contributed by atoms with Gasteiger partial charge in [-0.2, -0.15) is 0 Å². The molecule has 5 rings (SSSR count). The van der Waals surface area contributed by atoms with Crippen LogP contribution in [-0.2, 0) is 56.1 Å². The summed E-state index contributed by atoms with van der Waals surface area (Å²) in [6, 6.07) is 18.8. The molecule has 3 aromatic rings. The molecule has 3 aromatic carbocycles. The van der Waals surface area contributed by atoms with E-state index in [-0.39, 0.29) is 32.0 Å². The van der Waals surface area contributed by atoms with Crippen molar-refractivity contribution in [3.8, 4) is 0 Å². The second-order valence-electron chi connectivity index (χ2n) is 16.8. The SMILES string of the molecule is CCCC(NC(=O)C1CN(Cc2cccc(Cl)c2)C(=O)N1C(=O)C(NC(=O)OC(C)(C)C)C1CCCCC1)C(=O)C(=O)NCC(=O)O[C@H](C(=O)OCc1ccccc1)c1ccccc1. The summed E-state index contributed by atoms with van der Waals surface area (Å²) in [6.45, 7) is 5.56. The maximum atomic E-state index is 14.6. The van der Waals surface area contributed by atoms with Gasteiger partial charge in [-0.15, -0.1) is 0 Å². The number of nitrogens with zero attached hydrogens (tertiary/aromatic N) is 2. The number of carbonyl (C=O) groups excluding carboxylic acids is 8. The Kier molecular flexibility index (Phi) is 17.4. The first-order valence-corrected chi connectivity index (χ1v) is 21.9. The molecule has 17 heteroatoms. The monoisotopic (exact) mass is 901 g/mol. The molecule has 342 valence electrons. The molecule has 1 heterocycles. The Morgan fingerprint density at radius 3 is 2.14 bits per heavy atom. The molecular formula is C47H56ClN5O11. The van der Waals surface area contributed by atoms with Crippen molar-refractivity contribution in [2.75, 3.05) is 13.1 Å². The number of Topliss-reactive ketones (excluding diaryl/α,β-unsaturated/α-hetero) is 1. The van der Waals surface area contributed by atoms with Crippen molar-refractivity contribution in [1.29, 1.82) is 0 Å². The minimum Gasteiger partial charge on any atom is -0.458 e. The van der Waals surface area contributed by atoms with Gasteiger partial charge in [0.15, 0.2) is 0 Å². The van der Waals surface area contributed by atoms with Gasteiger partial charge in [0.1, 0.15) is 30.8 Å². The number of alkyl carbamates (subject to hydrolysis) is 1. The molecule has 3 N–H and O–H groups in total. The average Bonchev–Trinajstić information content (AvgIpc) is 3.60. The van der Waals surface area contributed by atoms with E-state index in [4.69, 9.17) is 25.8 Å². The molecule has 0 radical (unpaired) electrons. The average molecular weight is 902 g/mol. The Bertz CT molecular complexity index is 2140. The van der Waals surface area contributed by atoms with E-state index in [1.54, 1.807) is 107 Å². The zero-order chi connectivity index (χ0) is 46.4. The molecule has 1 saturated heterocycles. The van der Waals surface area contributed by atoms with Crippen LogP contribution in [0.3, 0.4) is 0 Å². The van der Waals surface area contributed by atoms with Gasteiger partial charge in [-0.1, -0.05) is 117 Å². The maximum absolute atomic E-state index is 14.6. The number of carbonyl (C=O) groups is 8. The van der Waals surface area contributed by atoms with Crippen LogP contribution in [0, 0.1) is 5.92 Å². The predicted molar refractivity (Wildman–Crippen MR) is 234 cm³/mol. The second-order valence-corrected chi connectivity index (χ2v) is 17.2. The van der Waals surface area contributed by atoms with Crippen molar-refractivity contribution in [1.82, 2.24) is 25.8 Å². The lowest BCUT2D eigenvalue weighted by Crippen LogP contribution is -2.59. The summed E-state index contributed by atoms with van der Waals surface area (Å²) in [5.41, 5.74) is 0.759. The Balaban J connectivity index is 1.30. The van der Waals surface area contributed by atoms with Gasteiger partial charge in [-0.3, -0.25) is 24.0 Å². The summed E-state index contributed by atoms with van der Waals surface area (Å²) in [5, 5.41) is 7.90. The van der Waals surface area contributed by atoms with Crippen LogP contribution in [0.15, 0.2) is 84.9 Å². The number of hydrogen-bond acceptors (Lipinski definition) is 11. The fourth-order valence-corrected chi connectivity index (χ4v) is 7.82. The zero-order valence-corrected chi connectivity index (χ0v) is 37.3. The van der Waals surface area contributed by atoms with E-state index >= 15 is 0 Å². The smallest absolute Gasteiger partial charge is 0.408 e. The summed E-state index contributed by atoms with van der Waals surface area (Å²) in [4.78, 5) is 112. The highest BCUT2D eigenvalue weighted by atomic mass is 35.5. The number of ketones is 1. The number of esters is 2. The molecule has 1 aliphatic heterocycles. The second kappa shape index (κ2) is 22.9. The molecule has 1 saturated carbocycles. The highest BCUT2D eigenvalue weighted by molar-refractivity contribution is 6.38. The van der Waals surface area contributed by atoms with E-state index in [1.807, 2.05) is 6.07 Å². The Morgan fingerprint density at radius 2 is 1.50 bits per heavy atom. The molecule has 64 heavy (non-hydrogen) atoms. The quantitative estimate of drug-likeness (QED) is 0.0773. The fourth-order valence-electron chi connectivity index (χ4n) is 7.60. The molecule has 0 bridgehead atoms. The molecule has 2 aliphatic rings. The van der Waals surface area contributed by atoms with E-state index in [0.29, 0.717) is 41.0 Å². The lowest BCUT2D eigenvalue weighted by molar-refractivity contribution is -0.169. The largest absolute Gasteiger partial charge is 0.458 e. The van der Waals surface area contributed by atoms with Gasteiger partial charge in [0.05, 0.1) is 12.6 Å². The zero-order valence-electron chi connectivity index (χ0n) is 36.5. The Morgan fingerprint density at radius 1 is 0.844 bits per heavy atom. The van der Waals surface area contributed by atoms with Crippen molar-refractivity contribution < 1.29 is 52.6 Å². The van der Waals surface area contributed by atoms with Gasteiger partial charge in [0.2, 0.25) is 17.8 Å². The van der Waals surface area contributed by atoms with Gasteiger partial charge in [-0.05, 0) is 69.2 Å². The van der Waals surface area contributed by atoms with E-state index in [0.717, 1.165) is 24.2 Å². The van der Waals surface area contributed by atoms with Crippen LogP contribution in [0.4, 0.5) is 9.59 Å². The normalized spacial score (nSPS) is 16.8. The number of halogens is 1. The van der Waals surface area contributed by atoms with Crippen LogP contribution in [0.25, 0.3) is 0 Å². The number of imide groups is 1. The van der Waals surface area contributed by atoms with Gasteiger partial charge >= 0.3 is 24.1 Å². The van der Waals surface area contributed by atoms with Crippen LogP contribution in [0.5, 0.6) is 0 Å². The van der Waals surface area contributed by atoms with Gasteiger partial charge < -0.3 is 35.1 Å². The summed E-state index contributed by atoms with van der Waals surface area (Å²) in [6.07, 6.45) is 1.65. The Hall–Kier alpha value is -6.29. The number of urea groups is 1. The number of ether oxygens (including phenoxy) is 3. The number of nitrogens with one attached hydrogen (secondary N) is 3. The first kappa shape index (κ1) is 48.7. The van der Waals surface area contributed by atoms with Crippen molar-refractivity contribution in [3.63, 3.8) is 0 Å². The molecule has 2 fully saturated rings. The Labute approximate surface area is 377 Å². The summed E-state index contributed by atoms with van der Waals surface area (Å²) < 4.78 is 16.4. The lowest BCUT2D eigenvalue weighted by atomic mass is 9.83. The molecule has 0 spiro atoms. The highest BCUT2D eigenvalue weighted by Gasteiger charge is 2.49. The number of benzene rings is 3. The van der Waals surface area contributed by atoms with Crippen LogP contribution in [0.1, 0.15) is 95.4 Å². The van der Waals surface area contributed by atoms with Crippen molar-refractivity contribution in [2.24, 2.45) is 5.92 Å². The van der Waals surface area contributed by atoms with Crippen LogP contribution in [-0.4, -0.2) is 94.2 Å². The van der Waals surface area contributed by atoms with Crippen LogP contribution < -0.4 is 16.0 Å². The topological polar surface area (TPSA) is 207 Å². The van der Waals surface area contributed by atoms with Crippen molar-refractivity contribution >= 4 is 59.2 Å². The van der Waals surface area contributed by atoms with Gasteiger partial charge in [0.25, 0.3) is 11.8 Å². The molecule has 1 aliphatic carbocycles. The summed E-state index contributed by atoms with van der Waals surface area (Å²) in [5.74, 6) is -6.30. The molecule has 6 amide bonds. The molecular weight excluding hydrogens is 846 g/mol. The molecule has 0 aromatic heterocycles. The first-order chi connectivity index (χ1) is 30.5. The van der Waals surface area contributed by atoms with Gasteiger partial charge in [-0.25, -0.2) is 19.3 Å². The third-order valence-corrected chi connectivity index (χ3v) is 10.9. The van der Waals surface area contributed by atoms with Crippen molar-refractivity contribution in [2.45, 2.75) is 116 Å². The van der Waals surface area contributed by atoms with E-state index in [2.05, 4.69) is 16.0 Å². The van der Waals surface area contributed by atoms with Crippen molar-refractivity contribution in [3.05, 3.63) is 107 Å². The number of rotatable bonds is 18. The lowest BCUT2D eigenvalue weighted by Gasteiger charge is -2.34. The fraction of sp³-hybridized carbons (Fsp3) is 0.447. The first-order valence-electron chi connectivity index (χ1n) is 21.5. The van der Waals surface area contributed by atoms with Crippen LogP contribution >= 0.6 is 11.6 Å². The summed E-state index contributed by atoms with van der Waals surface area (Å²) in [7, 11) is 0. The molecule has 3 unspecified atom stereocenters. The van der Waals surface area contributed by atoms with Gasteiger partial charge in [0, 0.05) is 17.1 Å². The summed E-state index contributed by atoms with van der Waals surface area (Å²) >= 11 is 6.23. The molecule has 4 atom stereocenters. The standard InChI is InChI=1S/C47H56ClN5O11/c1-5-16-35(39(55)42(57)49-26-37(54)63-40(33-22-13-8-14-23-33)44(59)62-29-30-17-9-6-10-18-30)50-41(56)36-28-52(27-31-19-15-24-34(48)25-31)46(61)53(36)43(58)38(32-20-11-7-12-21-32)51-45(60)64-47(2,3)4/h6,8-10,13-15,17-19,22-25,32,35-36,38,40H,5,7,11-12,16,20-21,26-29H2,1-4H3,(H,49,57)(H,50,56)(H,51,60)/t35?,36?,38?,40-/m0/s1. The van der Waals surface area contributed by atoms with E-state index in [1.165, 1.54) is 4.90 Å². The number of hydrogen-bond donors (Lipinski definition) is 3. The van der Waals surface area contributed by atoms with Crippen LogP contribution in [0.2, 0.25) is 5.02 Å². The van der Waals surface area contributed by atoms with E-state index in [9.17, 15) is 38.4 Å². The minimum atomic E-state index is -1.48. The highest BCUT2D eigenvalue weighted by Crippen LogP contribution is 2.30. The molecule has 16 nitrogen and oxygen atoms in total. The minimum absolute atomic E-state index is 0.0164. The van der Waals surface area contributed by atoms with E-state index < -0.39 is 83.9 Å².